The van der Waals surface area contributed by atoms with E-state index in [0.717, 1.165) is 25.7 Å². The number of hydrogen-bond acceptors (Lipinski definition) is 10. The van der Waals surface area contributed by atoms with Gasteiger partial charge >= 0.3 is 6.09 Å². The lowest BCUT2D eigenvalue weighted by molar-refractivity contribution is -0.141. The first kappa shape index (κ1) is 37.7. The first-order valence-corrected chi connectivity index (χ1v) is 20.7. The monoisotopic (exact) mass is 789 g/mol. The number of benzene rings is 2. The van der Waals surface area contributed by atoms with Crippen molar-refractivity contribution in [1.29, 1.82) is 0 Å². The number of likely N-dealkylation sites (tertiary alicyclic amines) is 1. The summed E-state index contributed by atoms with van der Waals surface area (Å²) in [7, 11) is -3.94. The van der Waals surface area contributed by atoms with Gasteiger partial charge in [-0.2, -0.15) is 0 Å². The van der Waals surface area contributed by atoms with E-state index >= 15 is 4.39 Å². The van der Waals surface area contributed by atoms with E-state index in [2.05, 4.69) is 21.9 Å². The number of furan rings is 1. The second-order valence-corrected chi connectivity index (χ2v) is 17.7. The van der Waals surface area contributed by atoms with E-state index in [-0.39, 0.29) is 42.2 Å². The number of hydrogen-bond donors (Lipinski definition) is 3. The summed E-state index contributed by atoms with van der Waals surface area (Å²) in [6.07, 6.45) is 3.76. The molecule has 1 aliphatic heterocycles. The van der Waals surface area contributed by atoms with Gasteiger partial charge in [-0.1, -0.05) is 38.1 Å². The van der Waals surface area contributed by atoms with Crippen LogP contribution in [0.4, 0.5) is 9.18 Å². The predicted octanol–water partition coefficient (Wildman–Crippen LogP) is 4.98. The molecule has 14 nitrogen and oxygen atoms in total. The van der Waals surface area contributed by atoms with E-state index in [0.29, 0.717) is 34.8 Å². The highest BCUT2D eigenvalue weighted by molar-refractivity contribution is 7.91. The number of carbonyl (C=O) groups excluding carboxylic acids is 4. The molecular weight excluding hydrogens is 746 g/mol. The summed E-state index contributed by atoms with van der Waals surface area (Å²) in [6, 6.07) is 9.30. The van der Waals surface area contributed by atoms with Gasteiger partial charge in [0.1, 0.15) is 46.7 Å². The van der Waals surface area contributed by atoms with Crippen LogP contribution in [0.15, 0.2) is 59.5 Å². The van der Waals surface area contributed by atoms with Crippen molar-refractivity contribution in [3.63, 3.8) is 0 Å². The average molecular weight is 790 g/mol. The molecule has 2 aromatic carbocycles. The van der Waals surface area contributed by atoms with Gasteiger partial charge in [0, 0.05) is 17.7 Å². The Bertz CT molecular complexity index is 2370. The summed E-state index contributed by atoms with van der Waals surface area (Å²) >= 11 is 0. The Morgan fingerprint density at radius 2 is 1.80 bits per heavy atom. The molecule has 1 saturated heterocycles. The van der Waals surface area contributed by atoms with Gasteiger partial charge in [0.25, 0.3) is 5.91 Å². The van der Waals surface area contributed by atoms with Gasteiger partial charge in [-0.15, -0.1) is 6.58 Å². The van der Waals surface area contributed by atoms with E-state index in [1.54, 1.807) is 32.0 Å². The SMILES string of the molecule is C=C[C@@H]1CC1(NC(=O)[C@@H]1C[C@@H](Oc2c3oc4ccccc4c3nc3cccc(F)c23)CN1C(=O)[C@@H](NC(=O)OC1CCCC1)C(C)C)C(=O)NS(=O)(=O)C1CC1. The average Bonchev–Trinajstić information content (AvgIpc) is 3.99. The Morgan fingerprint density at radius 1 is 1.05 bits per heavy atom. The highest BCUT2D eigenvalue weighted by Crippen LogP contribution is 2.46. The quantitative estimate of drug-likeness (QED) is 0.165. The van der Waals surface area contributed by atoms with Crippen LogP contribution in [0, 0.1) is 17.7 Å². The second kappa shape index (κ2) is 14.4. The Morgan fingerprint density at radius 3 is 2.50 bits per heavy atom. The normalized spacial score (nSPS) is 24.4. The van der Waals surface area contributed by atoms with Crippen molar-refractivity contribution in [2.75, 3.05) is 6.54 Å². The van der Waals surface area contributed by atoms with Crippen molar-refractivity contribution >= 4 is 66.8 Å². The van der Waals surface area contributed by atoms with E-state index in [4.69, 9.17) is 18.9 Å². The standard InChI is InChI=1S/C40H44FN5O9S/c1-4-22-19-40(22,38(49)45-56(51,52)25-16-17-25)44-36(47)29-18-24(20-46(29)37(48)32(21(2)3)43-39(50)54-23-10-5-6-11-23)53-34-31-27(41)13-9-14-28(31)42-33-26-12-7-8-15-30(26)55-35(33)34/h4,7-9,12-15,21-25,29,32H,1,5-6,10-11,16-20H2,2-3H3,(H,43,50)(H,44,47)(H,45,49)/t22-,24-,29+,32+,40?/m1/s1. The fraction of sp³-hybridized carbons (Fsp3) is 0.475. The molecule has 0 bridgehead atoms. The van der Waals surface area contributed by atoms with Gasteiger partial charge in [-0.25, -0.2) is 22.6 Å². The van der Waals surface area contributed by atoms with Crippen LogP contribution in [0.5, 0.6) is 5.75 Å². The molecule has 1 unspecified atom stereocenters. The Hall–Kier alpha value is -5.25. The lowest BCUT2D eigenvalue weighted by atomic mass is 10.0. The zero-order valence-corrected chi connectivity index (χ0v) is 31.9. The fourth-order valence-corrected chi connectivity index (χ4v) is 9.41. The minimum Gasteiger partial charge on any atom is -0.484 e. The third-order valence-corrected chi connectivity index (χ3v) is 13.2. The van der Waals surface area contributed by atoms with Gasteiger partial charge in [0.05, 0.1) is 22.7 Å². The minimum absolute atomic E-state index is 0.0477. The summed E-state index contributed by atoms with van der Waals surface area (Å²) in [5.74, 6) is -3.78. The molecular formula is C40H44FN5O9S. The molecule has 4 aliphatic rings. The van der Waals surface area contributed by atoms with Crippen molar-refractivity contribution in [3.05, 3.63) is 60.9 Å². The number of para-hydroxylation sites is 1. The maximum absolute atomic E-state index is 15.7. The molecule has 4 aromatic rings. The number of rotatable bonds is 12. The number of halogens is 1. The zero-order valence-electron chi connectivity index (χ0n) is 31.1. The number of fused-ring (bicyclic) bond motifs is 4. The number of alkyl carbamates (subject to hydrolysis) is 1. The van der Waals surface area contributed by atoms with Crippen molar-refractivity contribution in [3.8, 4) is 5.75 Å². The fourth-order valence-electron chi connectivity index (χ4n) is 8.05. The number of ether oxygens (including phenoxy) is 2. The Balaban J connectivity index is 1.13. The van der Waals surface area contributed by atoms with Crippen LogP contribution in [-0.4, -0.2) is 83.7 Å². The lowest BCUT2D eigenvalue weighted by Gasteiger charge is -2.31. The highest BCUT2D eigenvalue weighted by atomic mass is 32.2. The van der Waals surface area contributed by atoms with Crippen molar-refractivity contribution < 1.29 is 45.9 Å². The molecule has 5 atom stereocenters. The van der Waals surface area contributed by atoms with Gasteiger partial charge < -0.3 is 29.4 Å². The van der Waals surface area contributed by atoms with Gasteiger partial charge in [-0.3, -0.25) is 19.1 Å². The number of aromatic nitrogens is 1. The molecule has 296 valence electrons. The number of pyridine rings is 1. The number of amides is 4. The number of nitrogens with one attached hydrogen (secondary N) is 3. The van der Waals surface area contributed by atoms with Crippen LogP contribution >= 0.6 is 0 Å². The van der Waals surface area contributed by atoms with Crippen LogP contribution in [0.1, 0.15) is 65.2 Å². The molecule has 16 heteroatoms. The van der Waals surface area contributed by atoms with E-state index in [9.17, 15) is 27.6 Å². The first-order chi connectivity index (χ1) is 26.8. The zero-order chi connectivity index (χ0) is 39.5. The molecule has 3 saturated carbocycles. The van der Waals surface area contributed by atoms with Crippen LogP contribution in [0.3, 0.4) is 0 Å². The van der Waals surface area contributed by atoms with Crippen LogP contribution in [0.25, 0.3) is 33.0 Å². The van der Waals surface area contributed by atoms with Gasteiger partial charge in [-0.05, 0) is 75.1 Å². The smallest absolute Gasteiger partial charge is 0.408 e. The maximum Gasteiger partial charge on any atom is 0.408 e. The predicted molar refractivity (Wildman–Crippen MR) is 203 cm³/mol. The molecule has 0 spiro atoms. The molecule has 3 heterocycles. The van der Waals surface area contributed by atoms with E-state index in [1.807, 2.05) is 12.1 Å². The van der Waals surface area contributed by atoms with Crippen molar-refractivity contribution in [2.45, 2.75) is 100 Å². The summed E-state index contributed by atoms with van der Waals surface area (Å²) < 4.78 is 61.7. The van der Waals surface area contributed by atoms with Crippen molar-refractivity contribution in [1.82, 2.24) is 25.2 Å². The highest BCUT2D eigenvalue weighted by Gasteiger charge is 2.62. The lowest BCUT2D eigenvalue weighted by Crippen LogP contribution is -2.59. The van der Waals surface area contributed by atoms with E-state index < -0.39 is 80.5 Å². The Kier molecular flexibility index (Phi) is 9.66. The summed E-state index contributed by atoms with van der Waals surface area (Å²) in [5, 5.41) is 5.55. The maximum atomic E-state index is 15.7. The van der Waals surface area contributed by atoms with E-state index in [1.165, 1.54) is 23.1 Å². The van der Waals surface area contributed by atoms with Crippen LogP contribution in [0.2, 0.25) is 0 Å². The van der Waals surface area contributed by atoms with Gasteiger partial charge in [0.15, 0.2) is 11.3 Å². The molecule has 0 radical (unpaired) electrons. The third kappa shape index (κ3) is 6.92. The molecule has 4 fully saturated rings. The molecule has 3 aliphatic carbocycles. The number of sulfonamides is 1. The summed E-state index contributed by atoms with van der Waals surface area (Å²) in [5.41, 5.74) is -0.176. The summed E-state index contributed by atoms with van der Waals surface area (Å²) in [4.78, 5) is 61.5. The second-order valence-electron chi connectivity index (χ2n) is 15.7. The first-order valence-electron chi connectivity index (χ1n) is 19.1. The van der Waals surface area contributed by atoms with Crippen LogP contribution < -0.4 is 20.1 Å². The topological polar surface area (TPSA) is 186 Å². The molecule has 3 N–H and O–H groups in total. The molecule has 2 aromatic heterocycles. The van der Waals surface area contributed by atoms with Crippen LogP contribution in [-0.2, 0) is 29.1 Å². The Labute approximate surface area is 322 Å². The third-order valence-electron chi connectivity index (χ3n) is 11.4. The minimum atomic E-state index is -3.94. The molecule has 8 rings (SSSR count). The van der Waals surface area contributed by atoms with Crippen molar-refractivity contribution in [2.24, 2.45) is 11.8 Å². The molecule has 56 heavy (non-hydrogen) atoms. The largest absolute Gasteiger partial charge is 0.484 e. The van der Waals surface area contributed by atoms with Gasteiger partial charge in [0.2, 0.25) is 21.8 Å². The molecule has 4 amide bonds. The number of nitrogens with zero attached hydrogens (tertiary/aromatic N) is 2. The summed E-state index contributed by atoms with van der Waals surface area (Å²) in [6.45, 7) is 7.10. The number of carbonyl (C=O) groups is 4.